The minimum atomic E-state index is -0.479. The van der Waals surface area contributed by atoms with Crippen molar-refractivity contribution in [1.82, 2.24) is 0 Å². The van der Waals surface area contributed by atoms with E-state index in [0.717, 1.165) is 11.8 Å². The van der Waals surface area contributed by atoms with Crippen LogP contribution in [0.3, 0.4) is 0 Å². The Balaban J connectivity index is 1.66. The lowest BCUT2D eigenvalue weighted by atomic mass is 9.92. The van der Waals surface area contributed by atoms with Gasteiger partial charge in [0.1, 0.15) is 11.6 Å². The first-order valence-electron chi connectivity index (χ1n) is 7.29. The van der Waals surface area contributed by atoms with Gasteiger partial charge in [-0.15, -0.1) is 0 Å². The maximum Gasteiger partial charge on any atom is 0.133 e. The second-order valence-corrected chi connectivity index (χ2v) is 6.68. The fourth-order valence-corrected chi connectivity index (χ4v) is 5.05. The summed E-state index contributed by atoms with van der Waals surface area (Å²) in [5.41, 5.74) is 6.84. The normalized spacial score (nSPS) is 40.3. The lowest BCUT2D eigenvalue weighted by Crippen LogP contribution is -2.20. The Morgan fingerprint density at radius 3 is 2.42 bits per heavy atom. The van der Waals surface area contributed by atoms with E-state index < -0.39 is 17.7 Å². The third-order valence-corrected chi connectivity index (χ3v) is 5.86. The summed E-state index contributed by atoms with van der Waals surface area (Å²) in [6.07, 6.45) is 3.93. The molecule has 1 aromatic rings. The number of halogens is 2. The zero-order valence-electron chi connectivity index (χ0n) is 11.1. The van der Waals surface area contributed by atoms with Crippen LogP contribution in [0.5, 0.6) is 0 Å². The second-order valence-electron chi connectivity index (χ2n) is 6.68. The van der Waals surface area contributed by atoms with Gasteiger partial charge < -0.3 is 5.73 Å². The second kappa shape index (κ2) is 3.78. The van der Waals surface area contributed by atoms with Crippen molar-refractivity contribution in [3.05, 3.63) is 34.9 Å². The van der Waals surface area contributed by atoms with Gasteiger partial charge in [0.25, 0.3) is 0 Å². The molecule has 0 heterocycles. The van der Waals surface area contributed by atoms with Crippen LogP contribution in [0.4, 0.5) is 8.78 Å². The molecule has 0 aromatic heterocycles. The molecule has 3 saturated carbocycles. The van der Waals surface area contributed by atoms with E-state index in [9.17, 15) is 8.78 Å². The molecule has 0 aliphatic heterocycles. The van der Waals surface area contributed by atoms with E-state index in [2.05, 4.69) is 0 Å². The molecule has 102 valence electrons. The van der Waals surface area contributed by atoms with E-state index in [-0.39, 0.29) is 5.56 Å². The highest BCUT2D eigenvalue weighted by Crippen LogP contribution is 2.71. The minimum absolute atomic E-state index is 0.124. The van der Waals surface area contributed by atoms with Crippen LogP contribution in [-0.2, 0) is 0 Å². The van der Waals surface area contributed by atoms with Gasteiger partial charge in [-0.1, -0.05) is 6.07 Å². The number of nitrogens with two attached hydrogens (primary N) is 1. The average Bonchev–Trinajstić information content (AvgIpc) is 2.83. The molecule has 0 amide bonds. The third-order valence-electron chi connectivity index (χ3n) is 5.86. The van der Waals surface area contributed by atoms with Crippen LogP contribution in [0.1, 0.15) is 36.4 Å². The highest BCUT2D eigenvalue weighted by molar-refractivity contribution is 5.32. The molecule has 0 saturated heterocycles. The summed E-state index contributed by atoms with van der Waals surface area (Å²) in [5.74, 6) is 2.25. The number of rotatable bonds is 2. The van der Waals surface area contributed by atoms with Crippen LogP contribution >= 0.6 is 0 Å². The zero-order chi connectivity index (χ0) is 13.3. The average molecular weight is 263 g/mol. The van der Waals surface area contributed by atoms with Gasteiger partial charge in [0.05, 0.1) is 0 Å². The SMILES string of the molecule is Cc1ccc(F)c(C(N)C2C3C4CCC(C4)C32)c1F. The first-order valence-corrected chi connectivity index (χ1v) is 7.29. The smallest absolute Gasteiger partial charge is 0.133 e. The maximum absolute atomic E-state index is 14.2. The molecule has 19 heavy (non-hydrogen) atoms. The fraction of sp³-hybridized carbons (Fsp3) is 0.625. The van der Waals surface area contributed by atoms with E-state index in [1.807, 2.05) is 0 Å². The summed E-state index contributed by atoms with van der Waals surface area (Å²) in [4.78, 5) is 0. The van der Waals surface area contributed by atoms with Gasteiger partial charge in [-0.05, 0) is 67.4 Å². The summed E-state index contributed by atoms with van der Waals surface area (Å²) < 4.78 is 28.1. The molecular formula is C16H19F2N. The lowest BCUT2D eigenvalue weighted by molar-refractivity contribution is 0.399. The first kappa shape index (κ1) is 11.8. The zero-order valence-corrected chi connectivity index (χ0v) is 11.1. The Hall–Kier alpha value is -0.960. The van der Waals surface area contributed by atoms with Crippen molar-refractivity contribution in [3.63, 3.8) is 0 Å². The molecule has 3 aliphatic carbocycles. The van der Waals surface area contributed by atoms with E-state index in [0.29, 0.717) is 23.3 Å². The Kier molecular flexibility index (Phi) is 2.36. The van der Waals surface area contributed by atoms with Gasteiger partial charge in [-0.25, -0.2) is 8.78 Å². The molecule has 3 aliphatic rings. The summed E-state index contributed by atoms with van der Waals surface area (Å²) >= 11 is 0. The van der Waals surface area contributed by atoms with Crippen molar-refractivity contribution in [3.8, 4) is 0 Å². The number of hydrogen-bond donors (Lipinski definition) is 1. The summed E-state index contributed by atoms with van der Waals surface area (Å²) in [5, 5.41) is 0. The summed E-state index contributed by atoms with van der Waals surface area (Å²) in [6, 6.07) is 2.37. The molecule has 5 atom stereocenters. The van der Waals surface area contributed by atoms with Crippen LogP contribution in [0.15, 0.2) is 12.1 Å². The molecule has 0 radical (unpaired) electrons. The predicted molar refractivity (Wildman–Crippen MR) is 69.3 cm³/mol. The summed E-state index contributed by atoms with van der Waals surface area (Å²) in [6.45, 7) is 1.67. The third kappa shape index (κ3) is 1.48. The van der Waals surface area contributed by atoms with E-state index in [4.69, 9.17) is 5.73 Å². The molecule has 4 rings (SSSR count). The van der Waals surface area contributed by atoms with Crippen molar-refractivity contribution in [2.75, 3.05) is 0 Å². The number of benzene rings is 1. The van der Waals surface area contributed by atoms with Gasteiger partial charge in [0, 0.05) is 11.6 Å². The monoisotopic (exact) mass is 263 g/mol. The van der Waals surface area contributed by atoms with Gasteiger partial charge in [0.15, 0.2) is 0 Å². The highest BCUT2D eigenvalue weighted by atomic mass is 19.1. The summed E-state index contributed by atoms with van der Waals surface area (Å²) in [7, 11) is 0. The van der Waals surface area contributed by atoms with E-state index in [1.54, 1.807) is 6.92 Å². The van der Waals surface area contributed by atoms with Crippen LogP contribution in [-0.4, -0.2) is 0 Å². The lowest BCUT2D eigenvalue weighted by Gasteiger charge is -2.18. The molecule has 2 bridgehead atoms. The largest absolute Gasteiger partial charge is 0.324 e. The molecule has 5 unspecified atom stereocenters. The van der Waals surface area contributed by atoms with Crippen LogP contribution in [0.25, 0.3) is 0 Å². The van der Waals surface area contributed by atoms with Gasteiger partial charge in [0.2, 0.25) is 0 Å². The van der Waals surface area contributed by atoms with Gasteiger partial charge in [-0.2, -0.15) is 0 Å². The fourth-order valence-electron chi connectivity index (χ4n) is 5.05. The van der Waals surface area contributed by atoms with Crippen molar-refractivity contribution < 1.29 is 8.78 Å². The predicted octanol–water partition coefficient (Wildman–Crippen LogP) is 3.57. The molecule has 0 spiro atoms. The Morgan fingerprint density at radius 1 is 1.16 bits per heavy atom. The number of aryl methyl sites for hydroxylation is 1. The van der Waals surface area contributed by atoms with Crippen LogP contribution in [0, 0.1) is 48.1 Å². The van der Waals surface area contributed by atoms with E-state index in [1.165, 1.54) is 31.4 Å². The van der Waals surface area contributed by atoms with Crippen molar-refractivity contribution in [2.45, 2.75) is 32.2 Å². The number of fused-ring (bicyclic) bond motifs is 5. The van der Waals surface area contributed by atoms with Crippen molar-refractivity contribution in [1.29, 1.82) is 0 Å². The molecule has 3 heteroatoms. The quantitative estimate of drug-likeness (QED) is 0.867. The van der Waals surface area contributed by atoms with E-state index >= 15 is 0 Å². The highest BCUT2D eigenvalue weighted by Gasteiger charge is 2.66. The standard InChI is InChI=1S/C16H19F2N/c1-7-2-5-10(17)13(15(7)18)16(19)14-11-8-3-4-9(6-8)12(11)14/h2,5,8-9,11-12,14,16H,3-4,6,19H2,1H3. The molecule has 1 aromatic carbocycles. The van der Waals surface area contributed by atoms with Crippen molar-refractivity contribution >= 4 is 0 Å². The molecule has 1 nitrogen and oxygen atoms in total. The molecule has 3 fully saturated rings. The van der Waals surface area contributed by atoms with Crippen LogP contribution < -0.4 is 5.73 Å². The number of hydrogen-bond acceptors (Lipinski definition) is 1. The minimum Gasteiger partial charge on any atom is -0.324 e. The molecular weight excluding hydrogens is 244 g/mol. The maximum atomic E-state index is 14.2. The Bertz CT molecular complexity index is 526. The van der Waals surface area contributed by atoms with Gasteiger partial charge >= 0.3 is 0 Å². The van der Waals surface area contributed by atoms with Gasteiger partial charge in [-0.3, -0.25) is 0 Å². The Labute approximate surface area is 112 Å². The first-order chi connectivity index (χ1) is 9.09. The molecule has 2 N–H and O–H groups in total. The Morgan fingerprint density at radius 2 is 1.79 bits per heavy atom. The topological polar surface area (TPSA) is 26.0 Å². The van der Waals surface area contributed by atoms with Crippen LogP contribution in [0.2, 0.25) is 0 Å². The van der Waals surface area contributed by atoms with Crippen molar-refractivity contribution in [2.24, 2.45) is 35.3 Å².